The highest BCUT2D eigenvalue weighted by molar-refractivity contribution is 5.95. The van der Waals surface area contributed by atoms with Gasteiger partial charge in [0.25, 0.3) is 0 Å². The lowest BCUT2D eigenvalue weighted by Crippen LogP contribution is -2.59. The minimum Gasteiger partial charge on any atom is -0.488 e. The van der Waals surface area contributed by atoms with Gasteiger partial charge in [-0.25, -0.2) is 28.2 Å². The smallest absolute Gasteiger partial charge is 0.330 e. The molecular formula is C40H38F2N10O6. The summed E-state index contributed by atoms with van der Waals surface area (Å²) in [6.07, 6.45) is 4.41. The van der Waals surface area contributed by atoms with Crippen LogP contribution >= 0.6 is 0 Å². The van der Waals surface area contributed by atoms with Crippen molar-refractivity contribution in [2.45, 2.75) is 37.2 Å². The van der Waals surface area contributed by atoms with E-state index in [0.717, 1.165) is 34.2 Å². The van der Waals surface area contributed by atoms with E-state index in [4.69, 9.17) is 19.3 Å². The Kier molecular flexibility index (Phi) is 9.86. The molecule has 18 heteroatoms. The molecule has 0 spiro atoms. The normalized spacial score (nSPS) is 21.9. The molecule has 2 N–H and O–H groups in total. The van der Waals surface area contributed by atoms with E-state index < -0.39 is 53.6 Å². The molecule has 6 aromatic rings. The number of hydrogen-bond acceptors (Lipinski definition) is 12. The molecule has 9 rings (SSSR count). The predicted octanol–water partition coefficient (Wildman–Crippen LogP) is 2.63. The van der Waals surface area contributed by atoms with Gasteiger partial charge in [-0.3, -0.25) is 19.2 Å². The average molecular weight is 793 g/mol. The van der Waals surface area contributed by atoms with Gasteiger partial charge in [0.1, 0.15) is 53.6 Å². The van der Waals surface area contributed by atoms with E-state index in [1.54, 1.807) is 4.90 Å². The first kappa shape index (κ1) is 37.1. The van der Waals surface area contributed by atoms with Crippen LogP contribution < -0.4 is 20.3 Å². The van der Waals surface area contributed by atoms with Crippen LogP contribution in [0.4, 0.5) is 14.6 Å². The average Bonchev–Trinajstić information content (AvgIpc) is 3.98. The first-order chi connectivity index (χ1) is 28.2. The summed E-state index contributed by atoms with van der Waals surface area (Å²) in [7, 11) is 1.21. The quantitative estimate of drug-likeness (QED) is 0.252. The summed E-state index contributed by atoms with van der Waals surface area (Å²) in [5, 5.41) is 16.2. The van der Waals surface area contributed by atoms with Crippen molar-refractivity contribution in [3.63, 3.8) is 0 Å². The van der Waals surface area contributed by atoms with Crippen molar-refractivity contribution >= 4 is 45.5 Å². The Bertz CT molecular complexity index is 2550. The number of anilines is 1. The third kappa shape index (κ3) is 7.04. The lowest BCUT2D eigenvalue weighted by molar-refractivity contribution is -0.147. The Balaban J connectivity index is 1.10. The van der Waals surface area contributed by atoms with E-state index in [2.05, 4.69) is 25.7 Å². The lowest BCUT2D eigenvalue weighted by atomic mass is 10.0. The number of hydrogen-bond donors (Lipinski definition) is 2. The maximum atomic E-state index is 14.9. The molecule has 2 saturated heterocycles. The van der Waals surface area contributed by atoms with Gasteiger partial charge < -0.3 is 29.7 Å². The van der Waals surface area contributed by atoms with Gasteiger partial charge in [-0.2, -0.15) is 10.2 Å². The van der Waals surface area contributed by atoms with Crippen LogP contribution in [-0.4, -0.2) is 123 Å². The lowest BCUT2D eigenvalue weighted by Gasteiger charge is -2.35. The van der Waals surface area contributed by atoms with E-state index in [1.807, 2.05) is 58.2 Å². The molecule has 6 bridgehead atoms. The highest BCUT2D eigenvalue weighted by Gasteiger charge is 2.41. The number of nitrogens with zero attached hydrogens (tertiary/aromatic N) is 8. The molecule has 0 radical (unpaired) electrons. The van der Waals surface area contributed by atoms with E-state index in [0.29, 0.717) is 43.2 Å². The van der Waals surface area contributed by atoms with Crippen LogP contribution in [0.5, 0.6) is 5.75 Å². The number of benzene rings is 3. The van der Waals surface area contributed by atoms with Crippen molar-refractivity contribution in [1.29, 1.82) is 0 Å². The summed E-state index contributed by atoms with van der Waals surface area (Å²) in [5.74, 6) is -2.32. The molecule has 298 valence electrons. The Morgan fingerprint density at radius 2 is 1.84 bits per heavy atom. The van der Waals surface area contributed by atoms with Crippen LogP contribution in [0, 0.1) is 11.6 Å². The number of nitrogens with one attached hydrogen (secondary N) is 2. The second-order valence-corrected chi connectivity index (χ2v) is 14.3. The van der Waals surface area contributed by atoms with Crippen molar-refractivity contribution in [3.8, 4) is 22.6 Å². The Labute approximate surface area is 329 Å². The number of carbonyl (C=O) groups excluding carboxylic acids is 3. The predicted molar refractivity (Wildman–Crippen MR) is 205 cm³/mol. The molecule has 16 nitrogen and oxygen atoms in total. The van der Waals surface area contributed by atoms with Gasteiger partial charge >= 0.3 is 5.97 Å². The molecule has 2 fully saturated rings. The summed E-state index contributed by atoms with van der Waals surface area (Å²) in [6, 6.07) is 14.0. The SMILES string of the molecule is COC(=O)[C@@H]1CNC(=O)[C@@H]2C[C@@H](CN2c2ncnc3c2cnn3-c2ccc(F)cc2F)Oc2cccc(c2)-c2cccc3nn(cc23)CCN2CCOCC2C(=O)N1. The van der Waals surface area contributed by atoms with Crippen LogP contribution in [0.2, 0.25) is 0 Å². The number of ether oxygens (including phenoxy) is 3. The number of amides is 2. The maximum Gasteiger partial charge on any atom is 0.330 e. The number of morpholine rings is 1. The van der Waals surface area contributed by atoms with Gasteiger partial charge in [-0.15, -0.1) is 0 Å². The first-order valence-electron chi connectivity index (χ1n) is 18.9. The fourth-order valence-electron chi connectivity index (χ4n) is 7.95. The molecule has 3 aromatic heterocycles. The van der Waals surface area contributed by atoms with E-state index in [-0.39, 0.29) is 37.5 Å². The van der Waals surface area contributed by atoms with Crippen LogP contribution in [0.25, 0.3) is 38.8 Å². The Morgan fingerprint density at radius 3 is 2.71 bits per heavy atom. The molecule has 3 aromatic carbocycles. The van der Waals surface area contributed by atoms with Gasteiger partial charge in [0.2, 0.25) is 11.8 Å². The molecule has 6 heterocycles. The summed E-state index contributed by atoms with van der Waals surface area (Å²) in [4.78, 5) is 53.7. The Hall–Kier alpha value is -6.53. The zero-order valence-electron chi connectivity index (χ0n) is 31.3. The largest absolute Gasteiger partial charge is 0.488 e. The second kappa shape index (κ2) is 15.4. The van der Waals surface area contributed by atoms with Crippen LogP contribution in [0.3, 0.4) is 0 Å². The van der Waals surface area contributed by atoms with Crippen LogP contribution in [0.15, 0.2) is 79.4 Å². The van der Waals surface area contributed by atoms with E-state index >= 15 is 0 Å². The van der Waals surface area contributed by atoms with Crippen molar-refractivity contribution in [3.05, 3.63) is 91.0 Å². The summed E-state index contributed by atoms with van der Waals surface area (Å²) >= 11 is 0. The zero-order chi connectivity index (χ0) is 39.9. The van der Waals surface area contributed by atoms with Gasteiger partial charge in [0.05, 0.1) is 50.5 Å². The number of carbonyl (C=O) groups is 3. The van der Waals surface area contributed by atoms with Gasteiger partial charge in [-0.05, 0) is 41.5 Å². The van der Waals surface area contributed by atoms with Gasteiger partial charge in [-0.1, -0.05) is 24.3 Å². The minimum absolute atomic E-state index is 0.0225. The topological polar surface area (TPSA) is 171 Å². The monoisotopic (exact) mass is 792 g/mol. The maximum absolute atomic E-state index is 14.9. The second-order valence-electron chi connectivity index (χ2n) is 14.3. The molecular weight excluding hydrogens is 754 g/mol. The third-order valence-corrected chi connectivity index (χ3v) is 10.8. The highest BCUT2D eigenvalue weighted by atomic mass is 19.1. The molecule has 58 heavy (non-hydrogen) atoms. The van der Waals surface area contributed by atoms with Crippen molar-refractivity contribution in [1.82, 2.24) is 45.1 Å². The third-order valence-electron chi connectivity index (χ3n) is 10.8. The fraction of sp³-hybridized carbons (Fsp3) is 0.325. The van der Waals surface area contributed by atoms with Crippen molar-refractivity contribution in [2.75, 3.05) is 51.4 Å². The number of esters is 1. The summed E-state index contributed by atoms with van der Waals surface area (Å²) < 4.78 is 49.1. The molecule has 3 aliphatic rings. The summed E-state index contributed by atoms with van der Waals surface area (Å²) in [6.45, 7) is 1.95. The molecule has 0 aliphatic carbocycles. The molecule has 2 amide bonds. The van der Waals surface area contributed by atoms with E-state index in [9.17, 15) is 23.2 Å². The number of halogens is 2. The molecule has 0 saturated carbocycles. The number of fused-ring (bicyclic) bond motifs is 8. The molecule has 3 aliphatic heterocycles. The van der Waals surface area contributed by atoms with Crippen LogP contribution in [-0.2, 0) is 30.4 Å². The van der Waals surface area contributed by atoms with Gasteiger partial charge in [0, 0.05) is 43.7 Å². The van der Waals surface area contributed by atoms with E-state index in [1.165, 1.54) is 30.4 Å². The molecule has 1 unspecified atom stereocenters. The summed E-state index contributed by atoms with van der Waals surface area (Å²) in [5.41, 5.74) is 2.89. The number of methoxy groups -OCH3 is 1. The first-order valence-corrected chi connectivity index (χ1v) is 18.9. The van der Waals surface area contributed by atoms with Crippen molar-refractivity contribution < 1.29 is 37.4 Å². The van der Waals surface area contributed by atoms with Gasteiger partial charge in [0.15, 0.2) is 11.5 Å². The molecule has 4 atom stereocenters. The standard InChI is InChI=1S/C40H38F2N10O6/c1-56-40(55)32-18-43-38(53)34-16-26(19-51(34)36-28-17-46-52(37(28)45-22-44-36)33-9-8-24(41)15-30(33)42)58-25-5-2-4-23(14-25)27-6-3-7-31-29(27)20-50(48-31)11-10-49-12-13-57-21-35(49)39(54)47-32/h2-9,14-15,17,20,22,26,32,34-35H,10-13,16,18-19,21H2,1H3,(H,43,53)(H,47,54)/t26-,32-,34-,35?/m0/s1. The Morgan fingerprint density at radius 1 is 0.966 bits per heavy atom. The number of rotatable bonds is 3. The zero-order valence-corrected chi connectivity index (χ0v) is 31.3. The minimum atomic E-state index is -1.21. The van der Waals surface area contributed by atoms with Crippen LogP contribution in [0.1, 0.15) is 6.42 Å². The fourth-order valence-corrected chi connectivity index (χ4v) is 7.95. The number of aromatic nitrogens is 6. The van der Waals surface area contributed by atoms with Crippen molar-refractivity contribution in [2.24, 2.45) is 0 Å². The highest BCUT2D eigenvalue weighted by Crippen LogP contribution is 2.35.